The molecule has 0 fully saturated rings. The van der Waals surface area contributed by atoms with Crippen LogP contribution in [0.5, 0.6) is 0 Å². The summed E-state index contributed by atoms with van der Waals surface area (Å²) in [6, 6.07) is 5.06. The van der Waals surface area contributed by atoms with Crippen molar-refractivity contribution < 1.29 is 4.39 Å². The van der Waals surface area contributed by atoms with Crippen LogP contribution in [0.4, 0.5) is 4.39 Å². The first-order valence-corrected chi connectivity index (χ1v) is 4.00. The Kier molecular flexibility index (Phi) is 1.88. The van der Waals surface area contributed by atoms with Crippen LogP contribution in [-0.4, -0.2) is 10.2 Å². The minimum absolute atomic E-state index is 0.225. The van der Waals surface area contributed by atoms with Crippen molar-refractivity contribution in [1.82, 2.24) is 0 Å². The first-order valence-electron chi connectivity index (χ1n) is 2.62. The van der Waals surface area contributed by atoms with Gasteiger partial charge in [0.15, 0.2) is 0 Å². The summed E-state index contributed by atoms with van der Waals surface area (Å²) in [5.74, 6) is -0.258. The lowest BCUT2D eigenvalue weighted by Crippen LogP contribution is -2.07. The highest BCUT2D eigenvalue weighted by atomic mass is 35.5. The molecule has 0 bridgehead atoms. The van der Waals surface area contributed by atoms with E-state index in [1.54, 1.807) is 18.2 Å². The minimum Gasteiger partial charge on any atom is -0.206 e. The summed E-state index contributed by atoms with van der Waals surface area (Å²) in [6.45, 7) is 0. The van der Waals surface area contributed by atoms with Crippen LogP contribution in [0.2, 0.25) is 5.02 Å². The van der Waals surface area contributed by atoms with Gasteiger partial charge >= 0.3 is 0 Å². The third-order valence-corrected chi connectivity index (χ3v) is 2.21. The highest BCUT2D eigenvalue weighted by Gasteiger charge is 1.98. The number of hydrogen-bond donors (Lipinski definition) is 0. The Hall–Kier alpha value is -0.343. The summed E-state index contributed by atoms with van der Waals surface area (Å²) in [6.07, 6.45) is 0. The molecule has 0 unspecified atom stereocenters. The maximum absolute atomic E-state index is 12.6. The smallest absolute Gasteiger partial charge is 0.139 e. The summed E-state index contributed by atoms with van der Waals surface area (Å²) in [5, 5.41) is 0.949. The molecule has 0 aromatic heterocycles. The van der Waals surface area contributed by atoms with Crippen LogP contribution in [0.15, 0.2) is 18.2 Å². The van der Waals surface area contributed by atoms with Crippen molar-refractivity contribution in [3.8, 4) is 0 Å². The average Bonchev–Trinajstić information content (AvgIpc) is 1.83. The van der Waals surface area contributed by atoms with Crippen LogP contribution in [-0.2, 0) is 0 Å². The van der Waals surface area contributed by atoms with E-state index >= 15 is 0 Å². The fourth-order valence-electron chi connectivity index (χ4n) is 0.612. The van der Waals surface area contributed by atoms with Crippen molar-refractivity contribution in [3.05, 3.63) is 29.0 Å². The van der Waals surface area contributed by atoms with Gasteiger partial charge in [-0.3, -0.25) is 0 Å². The van der Waals surface area contributed by atoms with E-state index in [0.29, 0.717) is 10.2 Å². The quantitative estimate of drug-likeness (QED) is 0.484. The summed E-state index contributed by atoms with van der Waals surface area (Å²) in [7, 11) is 0.715. The van der Waals surface area contributed by atoms with Gasteiger partial charge in [0.05, 0.1) is 5.02 Å². The Labute approximate surface area is 61.1 Å². The first kappa shape index (κ1) is 6.77. The predicted octanol–water partition coefficient (Wildman–Crippen LogP) is 0.470. The van der Waals surface area contributed by atoms with E-state index in [4.69, 9.17) is 11.6 Å². The zero-order valence-corrected chi connectivity index (χ0v) is 7.74. The molecule has 0 nitrogen and oxygen atoms in total. The molecule has 0 saturated heterocycles. The zero-order valence-electron chi connectivity index (χ0n) is 4.99. The van der Waals surface area contributed by atoms with E-state index in [9.17, 15) is 4.39 Å². The van der Waals surface area contributed by atoms with Crippen molar-refractivity contribution >= 4 is 27.0 Å². The van der Waals surface area contributed by atoms with Crippen LogP contribution in [0.1, 0.15) is 0 Å². The third kappa shape index (κ3) is 1.31. The minimum atomic E-state index is -0.258. The maximum Gasteiger partial charge on any atom is 0.139 e. The fraction of sp³-hybridized carbons (Fsp3) is 0. The standard InChI is InChI=1S/C6H6ClFSi/c7-4-2-1-3-5(9)6(4)8/h1-3H,9H3. The van der Waals surface area contributed by atoms with Crippen molar-refractivity contribution in [2.75, 3.05) is 0 Å². The van der Waals surface area contributed by atoms with Gasteiger partial charge in [0, 0.05) is 10.2 Å². The van der Waals surface area contributed by atoms with Crippen molar-refractivity contribution in [3.63, 3.8) is 0 Å². The monoisotopic (exact) mass is 160 g/mol. The second-order valence-electron chi connectivity index (χ2n) is 1.87. The Morgan fingerprint density at radius 2 is 2.11 bits per heavy atom. The molecule has 0 N–H and O–H groups in total. The van der Waals surface area contributed by atoms with Gasteiger partial charge in [-0.15, -0.1) is 0 Å². The zero-order chi connectivity index (χ0) is 6.85. The highest BCUT2D eigenvalue weighted by Crippen LogP contribution is 2.09. The summed E-state index contributed by atoms with van der Waals surface area (Å²) in [5.41, 5.74) is 0. The molecule has 9 heavy (non-hydrogen) atoms. The lowest BCUT2D eigenvalue weighted by atomic mass is 10.3. The highest BCUT2D eigenvalue weighted by molar-refractivity contribution is 6.36. The van der Waals surface area contributed by atoms with Crippen molar-refractivity contribution in [1.29, 1.82) is 0 Å². The van der Waals surface area contributed by atoms with Gasteiger partial charge in [-0.2, -0.15) is 0 Å². The second-order valence-corrected chi connectivity index (χ2v) is 3.36. The Morgan fingerprint density at radius 1 is 1.44 bits per heavy atom. The SMILES string of the molecule is Fc1c([SiH3])cccc1Cl. The van der Waals surface area contributed by atoms with E-state index < -0.39 is 0 Å². The molecule has 3 heteroatoms. The molecular weight excluding hydrogens is 155 g/mol. The molecule has 0 radical (unpaired) electrons. The number of hydrogen-bond acceptors (Lipinski definition) is 0. The lowest BCUT2D eigenvalue weighted by molar-refractivity contribution is 0.636. The normalized spacial score (nSPS) is 10.0. The van der Waals surface area contributed by atoms with Gasteiger partial charge in [0.2, 0.25) is 0 Å². The van der Waals surface area contributed by atoms with Crippen molar-refractivity contribution in [2.45, 2.75) is 0 Å². The van der Waals surface area contributed by atoms with Gasteiger partial charge in [-0.25, -0.2) is 4.39 Å². The number of benzene rings is 1. The van der Waals surface area contributed by atoms with Gasteiger partial charge in [-0.1, -0.05) is 23.7 Å². The molecule has 0 heterocycles. The molecule has 0 aliphatic heterocycles. The van der Waals surface area contributed by atoms with E-state index in [1.165, 1.54) is 0 Å². The molecule has 1 rings (SSSR count). The van der Waals surface area contributed by atoms with Crippen LogP contribution >= 0.6 is 11.6 Å². The Balaban J connectivity index is 3.25. The first-order chi connectivity index (χ1) is 4.22. The van der Waals surface area contributed by atoms with E-state index in [-0.39, 0.29) is 10.8 Å². The van der Waals surface area contributed by atoms with Crippen LogP contribution < -0.4 is 5.19 Å². The molecule has 1 aromatic rings. The van der Waals surface area contributed by atoms with Crippen LogP contribution in [0.25, 0.3) is 0 Å². The Bertz CT molecular complexity index is 204. The molecule has 0 saturated carbocycles. The van der Waals surface area contributed by atoms with E-state index in [1.807, 2.05) is 0 Å². The molecule has 0 amide bonds. The van der Waals surface area contributed by atoms with Gasteiger partial charge in [-0.05, 0) is 11.3 Å². The molecule has 0 spiro atoms. The predicted molar refractivity (Wildman–Crippen MR) is 41.0 cm³/mol. The number of rotatable bonds is 0. The fourth-order valence-corrected chi connectivity index (χ4v) is 1.45. The van der Waals surface area contributed by atoms with Gasteiger partial charge in [0.25, 0.3) is 0 Å². The molecular formula is C6H6ClFSi. The van der Waals surface area contributed by atoms with Gasteiger partial charge in [0.1, 0.15) is 5.82 Å². The van der Waals surface area contributed by atoms with E-state index in [2.05, 4.69) is 0 Å². The summed E-state index contributed by atoms with van der Waals surface area (Å²) < 4.78 is 12.6. The third-order valence-electron chi connectivity index (χ3n) is 1.14. The number of halogens is 2. The van der Waals surface area contributed by atoms with Crippen LogP contribution in [0.3, 0.4) is 0 Å². The van der Waals surface area contributed by atoms with Gasteiger partial charge < -0.3 is 0 Å². The molecule has 0 atom stereocenters. The summed E-state index contributed by atoms with van der Waals surface area (Å²) >= 11 is 5.46. The molecule has 0 aliphatic carbocycles. The Morgan fingerprint density at radius 3 is 2.56 bits per heavy atom. The largest absolute Gasteiger partial charge is 0.206 e. The molecule has 48 valence electrons. The lowest BCUT2D eigenvalue weighted by Gasteiger charge is -1.94. The topological polar surface area (TPSA) is 0 Å². The summed E-state index contributed by atoms with van der Waals surface area (Å²) in [4.78, 5) is 0. The molecule has 1 aromatic carbocycles. The molecule has 0 aliphatic rings. The maximum atomic E-state index is 12.6. The second kappa shape index (κ2) is 2.50. The van der Waals surface area contributed by atoms with E-state index in [0.717, 1.165) is 5.19 Å². The van der Waals surface area contributed by atoms with Crippen molar-refractivity contribution in [2.24, 2.45) is 0 Å². The average molecular weight is 161 g/mol. The van der Waals surface area contributed by atoms with Crippen LogP contribution in [0, 0.1) is 5.82 Å².